The first kappa shape index (κ1) is 26.6. The minimum absolute atomic E-state index is 0.327. The summed E-state index contributed by atoms with van der Waals surface area (Å²) in [4.78, 5) is 27.6. The molecule has 0 bridgehead atoms. The van der Waals surface area contributed by atoms with Crippen LogP contribution in [0.2, 0.25) is 0 Å². The molecular formula is C34H31N3O3. The number of anilines is 2. The molecule has 0 saturated carbocycles. The molecule has 0 saturated heterocycles. The number of benzene rings is 4. The lowest BCUT2D eigenvalue weighted by Gasteiger charge is -2.16. The van der Waals surface area contributed by atoms with Gasteiger partial charge in [0.1, 0.15) is 12.0 Å². The number of hydrogen-bond donors (Lipinski definition) is 2. The smallest absolute Gasteiger partial charge is 0.252 e. The number of primary amides is 1. The molecule has 0 unspecified atom stereocenters. The van der Waals surface area contributed by atoms with E-state index >= 15 is 0 Å². The number of methoxy groups -OCH3 is 1. The van der Waals surface area contributed by atoms with Crippen LogP contribution in [0.25, 0.3) is 22.0 Å². The third-order valence-corrected chi connectivity index (χ3v) is 7.03. The topological polar surface area (TPSA) is 94.3 Å². The highest BCUT2D eigenvalue weighted by molar-refractivity contribution is 6.08. The minimum atomic E-state index is -0.546. The van der Waals surface area contributed by atoms with Crippen LogP contribution >= 0.6 is 0 Å². The molecule has 0 aliphatic heterocycles. The number of amides is 1. The standard InChI is InChI=1S/C34H31N3O3/c1-22-17-25(18-24-10-14-27(15-11-24)26-12-8-23(9-13-26)5-4-16-38)19-30-32(22)36-21-31(34(35)39)33(30)37-28-6-3-7-29(20-28)40-2/h3,6-17,19-21H,4-5,18H2,1-2H3,(H2,35,39)(H,36,37). The second kappa shape index (κ2) is 11.8. The number of aldehydes is 1. The van der Waals surface area contributed by atoms with Crippen LogP contribution in [0.3, 0.4) is 0 Å². The first-order valence-corrected chi connectivity index (χ1v) is 13.2. The first-order chi connectivity index (χ1) is 19.4. The van der Waals surface area contributed by atoms with Gasteiger partial charge in [-0.15, -0.1) is 0 Å². The van der Waals surface area contributed by atoms with Crippen LogP contribution in [0.15, 0.2) is 91.1 Å². The van der Waals surface area contributed by atoms with Crippen molar-refractivity contribution in [3.63, 3.8) is 0 Å². The Morgan fingerprint density at radius 3 is 2.27 bits per heavy atom. The lowest BCUT2D eigenvalue weighted by Crippen LogP contribution is -2.14. The van der Waals surface area contributed by atoms with Crippen molar-refractivity contribution in [1.29, 1.82) is 0 Å². The minimum Gasteiger partial charge on any atom is -0.497 e. The zero-order valence-electron chi connectivity index (χ0n) is 22.6. The van der Waals surface area contributed by atoms with Crippen molar-refractivity contribution in [1.82, 2.24) is 4.98 Å². The van der Waals surface area contributed by atoms with E-state index in [2.05, 4.69) is 71.0 Å². The summed E-state index contributed by atoms with van der Waals surface area (Å²) < 4.78 is 5.36. The SMILES string of the molecule is COc1cccc(Nc2c(C(N)=O)cnc3c(C)cc(Cc4ccc(-c5ccc(CCC=O)cc5)cc4)cc23)c1. The van der Waals surface area contributed by atoms with E-state index in [9.17, 15) is 9.59 Å². The van der Waals surface area contributed by atoms with Gasteiger partial charge in [-0.25, -0.2) is 0 Å². The summed E-state index contributed by atoms with van der Waals surface area (Å²) in [6.07, 6.45) is 4.52. The fourth-order valence-electron chi connectivity index (χ4n) is 4.96. The van der Waals surface area contributed by atoms with Gasteiger partial charge in [0.2, 0.25) is 0 Å². The van der Waals surface area contributed by atoms with E-state index in [0.717, 1.165) is 63.5 Å². The van der Waals surface area contributed by atoms with Crippen LogP contribution < -0.4 is 15.8 Å². The van der Waals surface area contributed by atoms with Crippen molar-refractivity contribution in [2.24, 2.45) is 5.73 Å². The lowest BCUT2D eigenvalue weighted by atomic mass is 9.96. The van der Waals surface area contributed by atoms with Gasteiger partial charge in [0.05, 0.1) is 23.9 Å². The van der Waals surface area contributed by atoms with Gasteiger partial charge in [0.25, 0.3) is 5.91 Å². The van der Waals surface area contributed by atoms with Gasteiger partial charge in [-0.2, -0.15) is 0 Å². The second-order valence-electron chi connectivity index (χ2n) is 9.85. The average molecular weight is 530 g/mol. The Hall–Kier alpha value is -4.97. The monoisotopic (exact) mass is 529 g/mol. The summed E-state index contributed by atoms with van der Waals surface area (Å²) in [5, 5.41) is 4.23. The van der Waals surface area contributed by atoms with Gasteiger partial charge in [0.15, 0.2) is 0 Å². The molecule has 40 heavy (non-hydrogen) atoms. The molecule has 0 aliphatic rings. The molecule has 4 aromatic carbocycles. The molecule has 0 fully saturated rings. The number of hydrogen-bond acceptors (Lipinski definition) is 5. The van der Waals surface area contributed by atoms with Crippen molar-refractivity contribution in [3.8, 4) is 16.9 Å². The number of rotatable bonds is 10. The Kier molecular flexibility index (Phi) is 7.87. The van der Waals surface area contributed by atoms with Gasteiger partial charge in [0, 0.05) is 29.8 Å². The van der Waals surface area contributed by atoms with Gasteiger partial charge in [-0.05, 0) is 71.3 Å². The second-order valence-corrected chi connectivity index (χ2v) is 9.85. The van der Waals surface area contributed by atoms with E-state index in [4.69, 9.17) is 10.5 Å². The molecule has 200 valence electrons. The van der Waals surface area contributed by atoms with Crippen LogP contribution in [-0.2, 0) is 17.6 Å². The van der Waals surface area contributed by atoms with Crippen molar-refractivity contribution in [2.75, 3.05) is 12.4 Å². The molecule has 0 atom stereocenters. The van der Waals surface area contributed by atoms with E-state index in [1.54, 1.807) is 7.11 Å². The molecule has 6 heteroatoms. The fourth-order valence-corrected chi connectivity index (χ4v) is 4.96. The molecule has 5 rings (SSSR count). The Balaban J connectivity index is 1.45. The van der Waals surface area contributed by atoms with Crippen LogP contribution in [-0.4, -0.2) is 24.3 Å². The molecule has 6 nitrogen and oxygen atoms in total. The van der Waals surface area contributed by atoms with Crippen molar-refractivity contribution in [2.45, 2.75) is 26.2 Å². The van der Waals surface area contributed by atoms with Crippen LogP contribution in [0, 0.1) is 6.92 Å². The highest BCUT2D eigenvalue weighted by Gasteiger charge is 2.16. The normalized spacial score (nSPS) is 10.8. The number of ether oxygens (including phenoxy) is 1. The Labute approximate surface area is 233 Å². The van der Waals surface area contributed by atoms with Crippen molar-refractivity contribution >= 4 is 34.5 Å². The number of aryl methyl sites for hydroxylation is 2. The summed E-state index contributed by atoms with van der Waals surface area (Å²) in [5.74, 6) is 0.161. The molecule has 5 aromatic rings. The highest BCUT2D eigenvalue weighted by atomic mass is 16.5. The number of nitrogens with zero attached hydrogens (tertiary/aromatic N) is 1. The molecule has 1 aromatic heterocycles. The van der Waals surface area contributed by atoms with Gasteiger partial charge in [-0.3, -0.25) is 9.78 Å². The van der Waals surface area contributed by atoms with E-state index < -0.39 is 5.91 Å². The number of nitrogens with one attached hydrogen (secondary N) is 1. The largest absolute Gasteiger partial charge is 0.497 e. The maximum Gasteiger partial charge on any atom is 0.252 e. The predicted molar refractivity (Wildman–Crippen MR) is 160 cm³/mol. The average Bonchev–Trinajstić information content (AvgIpc) is 2.97. The number of fused-ring (bicyclic) bond motifs is 1. The highest BCUT2D eigenvalue weighted by Crippen LogP contribution is 2.33. The number of aromatic nitrogens is 1. The fraction of sp³-hybridized carbons (Fsp3) is 0.147. The number of nitrogens with two attached hydrogens (primary N) is 1. The van der Waals surface area contributed by atoms with Crippen molar-refractivity contribution in [3.05, 3.63) is 119 Å². The predicted octanol–water partition coefficient (Wildman–Crippen LogP) is 6.78. The van der Waals surface area contributed by atoms with Crippen LogP contribution in [0.1, 0.15) is 39.0 Å². The zero-order valence-corrected chi connectivity index (χ0v) is 22.6. The molecule has 1 amide bonds. The number of carbonyl (C=O) groups is 2. The lowest BCUT2D eigenvalue weighted by molar-refractivity contribution is -0.107. The third kappa shape index (κ3) is 5.86. The maximum atomic E-state index is 12.4. The van der Waals surface area contributed by atoms with Crippen LogP contribution in [0.4, 0.5) is 11.4 Å². The van der Waals surface area contributed by atoms with E-state index in [1.807, 2.05) is 31.2 Å². The molecule has 1 heterocycles. The number of carbonyl (C=O) groups excluding carboxylic acids is 2. The van der Waals surface area contributed by atoms with E-state index in [-0.39, 0.29) is 0 Å². The third-order valence-electron chi connectivity index (χ3n) is 7.03. The van der Waals surface area contributed by atoms with E-state index in [0.29, 0.717) is 23.4 Å². The van der Waals surface area contributed by atoms with Crippen molar-refractivity contribution < 1.29 is 14.3 Å². The molecule has 3 N–H and O–H groups in total. The quantitative estimate of drug-likeness (QED) is 0.194. The van der Waals surface area contributed by atoms with Gasteiger partial charge >= 0.3 is 0 Å². The molecule has 0 radical (unpaired) electrons. The summed E-state index contributed by atoms with van der Waals surface area (Å²) in [5.41, 5.74) is 15.0. The molecule has 0 aliphatic carbocycles. The summed E-state index contributed by atoms with van der Waals surface area (Å²) >= 11 is 0. The first-order valence-electron chi connectivity index (χ1n) is 13.2. The Bertz CT molecular complexity index is 1680. The maximum absolute atomic E-state index is 12.4. The van der Waals surface area contributed by atoms with E-state index in [1.165, 1.54) is 11.8 Å². The van der Waals surface area contributed by atoms with Gasteiger partial charge < -0.3 is 20.6 Å². The van der Waals surface area contributed by atoms with Gasteiger partial charge in [-0.1, -0.05) is 60.7 Å². The zero-order chi connectivity index (χ0) is 28.1. The molecule has 0 spiro atoms. The molecular weight excluding hydrogens is 498 g/mol. The Morgan fingerprint density at radius 2 is 1.62 bits per heavy atom. The van der Waals surface area contributed by atoms with Crippen LogP contribution in [0.5, 0.6) is 5.75 Å². The summed E-state index contributed by atoms with van der Waals surface area (Å²) in [6, 6.07) is 28.7. The summed E-state index contributed by atoms with van der Waals surface area (Å²) in [6.45, 7) is 2.03. The summed E-state index contributed by atoms with van der Waals surface area (Å²) in [7, 11) is 1.62. The number of pyridine rings is 1. The Morgan fingerprint density at radius 1 is 0.925 bits per heavy atom.